The second kappa shape index (κ2) is 9.45. The van der Waals surface area contributed by atoms with E-state index in [1.54, 1.807) is 40.9 Å². The zero-order valence-corrected chi connectivity index (χ0v) is 18.7. The van der Waals surface area contributed by atoms with Gasteiger partial charge >= 0.3 is 11.5 Å². The number of nitro groups is 1. The fraction of sp³-hybridized carbons (Fsp3) is 0.421. The Labute approximate surface area is 193 Å². The number of amides is 1. The number of carbonyl (C=O) groups is 1. The van der Waals surface area contributed by atoms with Gasteiger partial charge in [-0.2, -0.15) is 21.7 Å². The standard InChI is InChI=1S/C19H22ClN7O4S/c20-14-1-3-15(4-2-14)21-17-16(26(29)30)18(27(31)9-11-32-12-10-27)23-19(22-17)25-7-5-24(13-28)6-8-25/h1-4,13H,5-12H2,(H,21,22,23). The van der Waals surface area contributed by atoms with Crippen molar-refractivity contribution in [3.05, 3.63) is 44.6 Å². The first-order valence-corrected chi connectivity index (χ1v) is 11.6. The van der Waals surface area contributed by atoms with Gasteiger partial charge in [-0.15, -0.1) is 0 Å². The number of hydrogen-bond donors (Lipinski definition) is 1. The number of aromatic nitrogens is 2. The summed E-state index contributed by atoms with van der Waals surface area (Å²) < 4.78 is -0.873. The normalized spacial score (nSPS) is 18.3. The van der Waals surface area contributed by atoms with Crippen LogP contribution in [-0.4, -0.2) is 77.0 Å². The molecule has 0 spiro atoms. The number of benzene rings is 1. The highest BCUT2D eigenvalue weighted by Crippen LogP contribution is 2.40. The Morgan fingerprint density at radius 2 is 1.78 bits per heavy atom. The average Bonchev–Trinajstić information content (AvgIpc) is 2.80. The summed E-state index contributed by atoms with van der Waals surface area (Å²) in [7, 11) is 0. The van der Waals surface area contributed by atoms with Gasteiger partial charge < -0.3 is 25.0 Å². The van der Waals surface area contributed by atoms with Crippen LogP contribution in [0.15, 0.2) is 24.3 Å². The Hall–Kier alpha value is -2.67. The van der Waals surface area contributed by atoms with E-state index in [0.29, 0.717) is 48.4 Å². The van der Waals surface area contributed by atoms with Gasteiger partial charge in [0, 0.05) is 48.4 Å². The summed E-state index contributed by atoms with van der Waals surface area (Å²) in [6, 6.07) is 6.66. The van der Waals surface area contributed by atoms with E-state index in [1.165, 1.54) is 0 Å². The number of piperazine rings is 1. The predicted octanol–water partition coefficient (Wildman–Crippen LogP) is 2.61. The molecule has 2 aliphatic rings. The van der Waals surface area contributed by atoms with E-state index in [4.69, 9.17) is 11.6 Å². The molecule has 32 heavy (non-hydrogen) atoms. The number of anilines is 3. The number of quaternary nitrogens is 1. The molecule has 2 saturated heterocycles. The van der Waals surface area contributed by atoms with Crippen molar-refractivity contribution in [3.8, 4) is 0 Å². The minimum atomic E-state index is -0.873. The largest absolute Gasteiger partial charge is 0.626 e. The fourth-order valence-electron chi connectivity index (χ4n) is 3.66. The maximum atomic E-state index is 13.6. The molecule has 0 radical (unpaired) electrons. The SMILES string of the molecule is O=CN1CCN(c2nc(Nc3ccc(Cl)cc3)c([N+](=O)[O-])c([N+]3([O-])CCSCC3)n2)CC1. The first-order chi connectivity index (χ1) is 15.4. The molecule has 1 aromatic heterocycles. The molecular formula is C19H22ClN7O4S. The zero-order valence-electron chi connectivity index (χ0n) is 17.1. The Morgan fingerprint density at radius 1 is 1.12 bits per heavy atom. The summed E-state index contributed by atoms with van der Waals surface area (Å²) in [6.45, 7) is 2.28. The lowest BCUT2D eigenvalue weighted by Gasteiger charge is -2.43. The monoisotopic (exact) mass is 479 g/mol. The Kier molecular flexibility index (Phi) is 6.65. The highest BCUT2D eigenvalue weighted by molar-refractivity contribution is 7.99. The Bertz CT molecular complexity index is 996. The van der Waals surface area contributed by atoms with Gasteiger partial charge in [0.1, 0.15) is 0 Å². The lowest BCUT2D eigenvalue weighted by Crippen LogP contribution is -2.51. The summed E-state index contributed by atoms with van der Waals surface area (Å²) in [6.07, 6.45) is 0.788. The first-order valence-electron chi connectivity index (χ1n) is 10.1. The maximum Gasteiger partial charge on any atom is 0.392 e. The van der Waals surface area contributed by atoms with Gasteiger partial charge in [0.25, 0.3) is 0 Å². The lowest BCUT2D eigenvalue weighted by atomic mass is 10.3. The summed E-state index contributed by atoms with van der Waals surface area (Å²) >= 11 is 7.59. The van der Waals surface area contributed by atoms with E-state index in [2.05, 4.69) is 15.3 Å². The smallest absolute Gasteiger partial charge is 0.392 e. The number of thioether (sulfide) groups is 1. The van der Waals surface area contributed by atoms with Crippen LogP contribution in [-0.2, 0) is 4.79 Å². The minimum Gasteiger partial charge on any atom is -0.626 e. The van der Waals surface area contributed by atoms with Crippen molar-refractivity contribution < 1.29 is 9.72 Å². The van der Waals surface area contributed by atoms with Gasteiger partial charge in [-0.25, -0.2) is 0 Å². The third kappa shape index (κ3) is 4.72. The van der Waals surface area contributed by atoms with Crippen molar-refractivity contribution in [1.29, 1.82) is 0 Å². The van der Waals surface area contributed by atoms with Crippen LogP contribution in [0.3, 0.4) is 0 Å². The summed E-state index contributed by atoms with van der Waals surface area (Å²) in [4.78, 5) is 34.9. The molecule has 170 valence electrons. The molecular weight excluding hydrogens is 458 g/mol. The molecule has 13 heteroatoms. The van der Waals surface area contributed by atoms with Crippen molar-refractivity contribution in [2.24, 2.45) is 0 Å². The molecule has 2 aliphatic heterocycles. The van der Waals surface area contributed by atoms with E-state index >= 15 is 0 Å². The molecule has 1 aromatic carbocycles. The van der Waals surface area contributed by atoms with Gasteiger partial charge in [-0.1, -0.05) is 11.6 Å². The Balaban J connectivity index is 1.80. The number of nitrogens with one attached hydrogen (secondary N) is 1. The number of carbonyl (C=O) groups excluding carboxylic acids is 1. The molecule has 2 aromatic rings. The van der Waals surface area contributed by atoms with Crippen molar-refractivity contribution in [2.75, 3.05) is 61.0 Å². The molecule has 3 heterocycles. The molecule has 11 nitrogen and oxygen atoms in total. The van der Waals surface area contributed by atoms with Gasteiger partial charge in [0.15, 0.2) is 0 Å². The first kappa shape index (κ1) is 22.5. The van der Waals surface area contributed by atoms with Gasteiger partial charge in [0.05, 0.1) is 18.0 Å². The van der Waals surface area contributed by atoms with Gasteiger partial charge in [-0.3, -0.25) is 14.9 Å². The number of hydroxylamine groups is 2. The van der Waals surface area contributed by atoms with Crippen molar-refractivity contribution in [1.82, 2.24) is 19.5 Å². The third-order valence-electron chi connectivity index (χ3n) is 5.47. The van der Waals surface area contributed by atoms with E-state index in [0.717, 1.165) is 6.41 Å². The molecule has 2 fully saturated rings. The molecule has 1 N–H and O–H groups in total. The molecule has 4 rings (SSSR count). The second-order valence-corrected chi connectivity index (χ2v) is 9.17. The highest BCUT2D eigenvalue weighted by atomic mass is 35.5. The number of hydrogen-bond acceptors (Lipinski definition) is 9. The van der Waals surface area contributed by atoms with Crippen LogP contribution >= 0.6 is 23.4 Å². The quantitative estimate of drug-likeness (QED) is 0.218. The number of nitrogens with zero attached hydrogens (tertiary/aromatic N) is 6. The summed E-state index contributed by atoms with van der Waals surface area (Å²) in [5.41, 5.74) is 0.127. The zero-order chi connectivity index (χ0) is 22.7. The molecule has 1 amide bonds. The second-order valence-electron chi connectivity index (χ2n) is 7.51. The Morgan fingerprint density at radius 3 is 2.38 bits per heavy atom. The fourth-order valence-corrected chi connectivity index (χ4v) is 4.84. The van der Waals surface area contributed by atoms with Crippen molar-refractivity contribution >= 4 is 58.7 Å². The van der Waals surface area contributed by atoms with Crippen LogP contribution in [0.1, 0.15) is 0 Å². The molecule has 0 atom stereocenters. The van der Waals surface area contributed by atoms with Crippen LogP contribution in [0, 0.1) is 15.3 Å². The van der Waals surface area contributed by atoms with Crippen LogP contribution in [0.5, 0.6) is 0 Å². The van der Waals surface area contributed by atoms with Gasteiger partial charge in [-0.05, 0) is 24.3 Å². The van der Waals surface area contributed by atoms with Crippen LogP contribution < -0.4 is 14.9 Å². The number of rotatable bonds is 6. The van der Waals surface area contributed by atoms with Crippen molar-refractivity contribution in [2.45, 2.75) is 0 Å². The minimum absolute atomic E-state index is 0.0401. The average molecular weight is 480 g/mol. The van der Waals surface area contributed by atoms with E-state index < -0.39 is 15.3 Å². The van der Waals surface area contributed by atoms with Crippen LogP contribution in [0.25, 0.3) is 0 Å². The summed E-state index contributed by atoms with van der Waals surface area (Å²) in [5, 5.41) is 29.2. The van der Waals surface area contributed by atoms with Gasteiger partial charge in [0.2, 0.25) is 18.2 Å². The van der Waals surface area contributed by atoms with E-state index in [1.807, 2.05) is 4.90 Å². The lowest BCUT2D eigenvalue weighted by molar-refractivity contribution is -0.384. The molecule has 0 bridgehead atoms. The summed E-state index contributed by atoms with van der Waals surface area (Å²) in [5.74, 6) is 1.24. The number of halogens is 1. The van der Waals surface area contributed by atoms with E-state index in [9.17, 15) is 20.1 Å². The van der Waals surface area contributed by atoms with Crippen LogP contribution in [0.2, 0.25) is 5.02 Å². The molecule has 0 aliphatic carbocycles. The predicted molar refractivity (Wildman–Crippen MR) is 125 cm³/mol. The van der Waals surface area contributed by atoms with Crippen LogP contribution in [0.4, 0.5) is 29.0 Å². The molecule has 0 unspecified atom stereocenters. The highest BCUT2D eigenvalue weighted by Gasteiger charge is 2.39. The topological polar surface area (TPSA) is 128 Å². The maximum absolute atomic E-state index is 13.6. The molecule has 0 saturated carbocycles. The van der Waals surface area contributed by atoms with E-state index in [-0.39, 0.29) is 30.7 Å². The van der Waals surface area contributed by atoms with Crippen molar-refractivity contribution in [3.63, 3.8) is 0 Å². The third-order valence-corrected chi connectivity index (χ3v) is 6.66.